The highest BCUT2D eigenvalue weighted by molar-refractivity contribution is 5.71. The van der Waals surface area contributed by atoms with E-state index in [2.05, 4.69) is 130 Å². The van der Waals surface area contributed by atoms with Crippen LogP contribution < -0.4 is 0 Å². The molecule has 0 aliphatic heterocycles. The highest BCUT2D eigenvalue weighted by Gasteiger charge is 2.19. The van der Waals surface area contributed by atoms with Crippen molar-refractivity contribution in [3.8, 4) is 0 Å². The summed E-state index contributed by atoms with van der Waals surface area (Å²) in [7, 11) is 0. The number of rotatable bonds is 52. The molecule has 0 rings (SSSR count). The van der Waals surface area contributed by atoms with Crippen LogP contribution in [0.4, 0.5) is 0 Å². The lowest BCUT2D eigenvalue weighted by Crippen LogP contribution is -2.30. The summed E-state index contributed by atoms with van der Waals surface area (Å²) in [5, 5.41) is 0. The molecule has 404 valence electrons. The number of allylic oxidation sites excluding steroid dienone is 18. The van der Waals surface area contributed by atoms with Crippen molar-refractivity contribution in [3.63, 3.8) is 0 Å². The van der Waals surface area contributed by atoms with E-state index in [1.807, 2.05) is 0 Å². The molecule has 1 atom stereocenters. The number of hydrogen-bond donors (Lipinski definition) is 0. The van der Waals surface area contributed by atoms with E-state index in [1.165, 1.54) is 103 Å². The SMILES string of the molecule is CC/C=C\C/C=C\C/C=C\C/C=C\CCCCCCC(=O)OC[C@H](COC(=O)CCCC/C=C\C/C=C\C/C=C\C/C=C\CC)OC(=O)CCCCCCCCCCCCC/C=C\CCCCCCCC. The Labute approximate surface area is 438 Å². The van der Waals surface area contributed by atoms with Crippen molar-refractivity contribution in [2.75, 3.05) is 13.2 Å². The van der Waals surface area contributed by atoms with Gasteiger partial charge in [-0.05, 0) is 122 Å². The Morgan fingerprint density at radius 3 is 0.901 bits per heavy atom. The average molecular weight is 986 g/mol. The van der Waals surface area contributed by atoms with Crippen LogP contribution in [0.1, 0.15) is 265 Å². The van der Waals surface area contributed by atoms with Gasteiger partial charge in [0.1, 0.15) is 13.2 Å². The molecule has 0 aromatic rings. The summed E-state index contributed by atoms with van der Waals surface area (Å²) < 4.78 is 16.8. The van der Waals surface area contributed by atoms with Gasteiger partial charge >= 0.3 is 17.9 Å². The van der Waals surface area contributed by atoms with Crippen LogP contribution in [0, 0.1) is 0 Å². The molecule has 0 unspecified atom stereocenters. The molecular formula is C65H108O6. The van der Waals surface area contributed by atoms with Crippen LogP contribution in [0.15, 0.2) is 109 Å². The molecule has 0 N–H and O–H groups in total. The standard InChI is InChI=1S/C65H108O6/c1-4-7-10-13-16-19-22-25-28-30-31-32-33-35-38-41-44-47-50-53-56-59-65(68)71-62(60-69-63(66)57-54-51-48-45-42-39-36-27-24-21-18-15-12-9-6-3)61-70-64(67)58-55-52-49-46-43-40-37-34-29-26-23-20-17-14-11-8-5-2/h8-9,11-12,17-18,20-21,25-29,36-37,40,42,45,62H,4-7,10,13-16,19,22-24,30-35,38-39,41,43-44,46-61H2,1-3H3/b11-8-,12-9-,20-17-,21-18-,28-25-,29-26-,36-27-,40-37-,45-42-/t62-/m0/s1. The fraction of sp³-hybridized carbons (Fsp3) is 0.677. The zero-order valence-electron chi connectivity index (χ0n) is 46.2. The van der Waals surface area contributed by atoms with E-state index in [4.69, 9.17) is 14.2 Å². The molecule has 0 saturated carbocycles. The Morgan fingerprint density at radius 1 is 0.296 bits per heavy atom. The van der Waals surface area contributed by atoms with Gasteiger partial charge in [-0.1, -0.05) is 233 Å². The van der Waals surface area contributed by atoms with E-state index in [-0.39, 0.29) is 31.1 Å². The van der Waals surface area contributed by atoms with Gasteiger partial charge in [-0.3, -0.25) is 14.4 Å². The monoisotopic (exact) mass is 985 g/mol. The summed E-state index contributed by atoms with van der Waals surface area (Å²) in [4.78, 5) is 38.2. The first-order valence-corrected chi connectivity index (χ1v) is 29.4. The van der Waals surface area contributed by atoms with Crippen molar-refractivity contribution in [3.05, 3.63) is 109 Å². The Hall–Kier alpha value is -3.93. The molecule has 0 spiro atoms. The Balaban J connectivity index is 4.46. The molecule has 0 radical (unpaired) electrons. The first-order chi connectivity index (χ1) is 35.0. The van der Waals surface area contributed by atoms with Crippen molar-refractivity contribution >= 4 is 17.9 Å². The molecule has 71 heavy (non-hydrogen) atoms. The van der Waals surface area contributed by atoms with Gasteiger partial charge in [0.2, 0.25) is 0 Å². The number of esters is 3. The third kappa shape index (κ3) is 56.9. The third-order valence-corrected chi connectivity index (χ3v) is 12.2. The summed E-state index contributed by atoms with van der Waals surface area (Å²) in [6.07, 6.45) is 79.4. The zero-order valence-corrected chi connectivity index (χ0v) is 46.2. The van der Waals surface area contributed by atoms with Gasteiger partial charge in [-0.15, -0.1) is 0 Å². The van der Waals surface area contributed by atoms with Crippen molar-refractivity contribution in [1.82, 2.24) is 0 Å². The molecule has 6 heteroatoms. The van der Waals surface area contributed by atoms with Gasteiger partial charge in [0.25, 0.3) is 0 Å². The first kappa shape index (κ1) is 67.1. The molecule has 0 aromatic carbocycles. The van der Waals surface area contributed by atoms with Crippen molar-refractivity contribution in [2.24, 2.45) is 0 Å². The summed E-state index contributed by atoms with van der Waals surface area (Å²) in [5.74, 6) is -0.968. The molecule has 0 aliphatic rings. The van der Waals surface area contributed by atoms with Gasteiger partial charge in [-0.2, -0.15) is 0 Å². The van der Waals surface area contributed by atoms with Crippen molar-refractivity contribution < 1.29 is 28.6 Å². The molecule has 0 heterocycles. The van der Waals surface area contributed by atoms with Gasteiger partial charge in [-0.25, -0.2) is 0 Å². The molecule has 0 aliphatic carbocycles. The molecule has 6 nitrogen and oxygen atoms in total. The third-order valence-electron chi connectivity index (χ3n) is 12.2. The molecular weight excluding hydrogens is 877 g/mol. The normalized spacial score (nSPS) is 12.9. The lowest BCUT2D eigenvalue weighted by molar-refractivity contribution is -0.167. The number of hydrogen-bond acceptors (Lipinski definition) is 6. The second-order valence-corrected chi connectivity index (χ2v) is 19.1. The second-order valence-electron chi connectivity index (χ2n) is 19.1. The van der Waals surface area contributed by atoms with Crippen LogP contribution >= 0.6 is 0 Å². The van der Waals surface area contributed by atoms with E-state index < -0.39 is 6.10 Å². The largest absolute Gasteiger partial charge is 0.462 e. The number of unbranched alkanes of at least 4 members (excludes halogenated alkanes) is 23. The molecule has 0 fully saturated rings. The van der Waals surface area contributed by atoms with Gasteiger partial charge < -0.3 is 14.2 Å². The van der Waals surface area contributed by atoms with Crippen LogP contribution in [-0.4, -0.2) is 37.2 Å². The van der Waals surface area contributed by atoms with E-state index in [0.29, 0.717) is 19.3 Å². The topological polar surface area (TPSA) is 78.9 Å². The maximum atomic E-state index is 12.9. The zero-order chi connectivity index (χ0) is 51.4. The van der Waals surface area contributed by atoms with Crippen LogP contribution in [0.25, 0.3) is 0 Å². The minimum atomic E-state index is -0.808. The highest BCUT2D eigenvalue weighted by atomic mass is 16.6. The maximum absolute atomic E-state index is 12.9. The lowest BCUT2D eigenvalue weighted by Gasteiger charge is -2.18. The van der Waals surface area contributed by atoms with Crippen LogP contribution in [0.2, 0.25) is 0 Å². The van der Waals surface area contributed by atoms with E-state index in [0.717, 1.165) is 122 Å². The summed E-state index contributed by atoms with van der Waals surface area (Å²) in [6, 6.07) is 0. The lowest BCUT2D eigenvalue weighted by atomic mass is 10.0. The Bertz CT molecular complexity index is 1460. The first-order valence-electron chi connectivity index (χ1n) is 29.4. The maximum Gasteiger partial charge on any atom is 0.306 e. The summed E-state index contributed by atoms with van der Waals surface area (Å²) in [5.41, 5.74) is 0. The predicted octanol–water partition coefficient (Wildman–Crippen LogP) is 19.9. The second kappa shape index (κ2) is 58.6. The summed E-state index contributed by atoms with van der Waals surface area (Å²) >= 11 is 0. The van der Waals surface area contributed by atoms with Gasteiger partial charge in [0, 0.05) is 19.3 Å². The predicted molar refractivity (Wildman–Crippen MR) is 307 cm³/mol. The van der Waals surface area contributed by atoms with Gasteiger partial charge in [0.15, 0.2) is 6.10 Å². The van der Waals surface area contributed by atoms with Crippen molar-refractivity contribution in [2.45, 2.75) is 271 Å². The quantitative estimate of drug-likeness (QED) is 0.0261. The highest BCUT2D eigenvalue weighted by Crippen LogP contribution is 2.15. The van der Waals surface area contributed by atoms with Crippen molar-refractivity contribution in [1.29, 1.82) is 0 Å². The molecule has 0 aromatic heterocycles. The number of ether oxygens (including phenoxy) is 3. The molecule has 0 amide bonds. The Morgan fingerprint density at radius 2 is 0.549 bits per heavy atom. The van der Waals surface area contributed by atoms with E-state index in [9.17, 15) is 14.4 Å². The number of carbonyl (C=O) groups is 3. The van der Waals surface area contributed by atoms with Gasteiger partial charge in [0.05, 0.1) is 0 Å². The smallest absolute Gasteiger partial charge is 0.306 e. The minimum absolute atomic E-state index is 0.105. The van der Waals surface area contributed by atoms with Crippen LogP contribution in [0.5, 0.6) is 0 Å². The molecule has 0 bridgehead atoms. The fourth-order valence-corrected chi connectivity index (χ4v) is 7.89. The van der Waals surface area contributed by atoms with Crippen LogP contribution in [-0.2, 0) is 28.6 Å². The number of carbonyl (C=O) groups excluding carboxylic acids is 3. The molecule has 0 saturated heterocycles. The fourth-order valence-electron chi connectivity index (χ4n) is 7.89. The summed E-state index contributed by atoms with van der Waals surface area (Å²) in [6.45, 7) is 6.36. The minimum Gasteiger partial charge on any atom is -0.462 e. The van der Waals surface area contributed by atoms with E-state index >= 15 is 0 Å². The Kier molecular flexibility index (Phi) is 55.4. The van der Waals surface area contributed by atoms with E-state index in [1.54, 1.807) is 0 Å². The average Bonchev–Trinajstić information content (AvgIpc) is 3.37. The van der Waals surface area contributed by atoms with Crippen LogP contribution in [0.3, 0.4) is 0 Å².